The van der Waals surface area contributed by atoms with E-state index in [9.17, 15) is 4.91 Å². The van der Waals surface area contributed by atoms with Crippen LogP contribution in [0, 0.1) is 4.91 Å². The molecule has 5 nitrogen and oxygen atoms in total. The van der Waals surface area contributed by atoms with Crippen molar-refractivity contribution in [3.63, 3.8) is 0 Å². The highest BCUT2D eigenvalue weighted by atomic mass is 16.3. The maximum absolute atomic E-state index is 10.2. The number of nitrogens with one attached hydrogen (secondary N) is 1. The highest BCUT2D eigenvalue weighted by Gasteiger charge is 2.05. The van der Waals surface area contributed by atoms with E-state index in [2.05, 4.69) is 15.1 Å². The Labute approximate surface area is 79.0 Å². The van der Waals surface area contributed by atoms with Crippen LogP contribution in [0.2, 0.25) is 0 Å². The van der Waals surface area contributed by atoms with Crippen molar-refractivity contribution in [1.82, 2.24) is 9.97 Å². The lowest BCUT2D eigenvalue weighted by Crippen LogP contribution is -1.82. The quantitative estimate of drug-likeness (QED) is 0.572. The van der Waals surface area contributed by atoms with Gasteiger partial charge in [-0.05, 0) is 17.3 Å². The van der Waals surface area contributed by atoms with Gasteiger partial charge in [-0.3, -0.25) is 0 Å². The third-order valence-corrected chi connectivity index (χ3v) is 1.81. The molecule has 5 heteroatoms. The molecule has 0 saturated heterocycles. The molecule has 2 aromatic rings. The zero-order valence-corrected chi connectivity index (χ0v) is 7.06. The molecule has 0 saturated carbocycles. The summed E-state index contributed by atoms with van der Waals surface area (Å²) in [7, 11) is 0. The Bertz CT molecular complexity index is 503. The third kappa shape index (κ3) is 1.22. The molecule has 0 radical (unpaired) electrons. The van der Waals surface area contributed by atoms with Crippen LogP contribution in [0.25, 0.3) is 22.1 Å². The van der Waals surface area contributed by atoms with Crippen molar-refractivity contribution in [2.75, 3.05) is 0 Å². The molecule has 0 aliphatic carbocycles. The number of fused-ring (bicyclic) bond motifs is 1. The fourth-order valence-electron chi connectivity index (χ4n) is 1.18. The summed E-state index contributed by atoms with van der Waals surface area (Å²) in [5.74, 6) is 1.88. The summed E-state index contributed by atoms with van der Waals surface area (Å²) in [5, 5.41) is 11.1. The zero-order valence-electron chi connectivity index (χ0n) is 7.06. The number of nitrogens with zero attached hydrogens (tertiary/aromatic N) is 3. The predicted molar refractivity (Wildman–Crippen MR) is 53.7 cm³/mol. The van der Waals surface area contributed by atoms with Crippen LogP contribution in [0.1, 0.15) is 5.82 Å². The van der Waals surface area contributed by atoms with E-state index in [1.54, 1.807) is 11.9 Å². The van der Waals surface area contributed by atoms with Crippen molar-refractivity contribution < 1.29 is 0 Å². The molecule has 0 aliphatic heterocycles. The van der Waals surface area contributed by atoms with Gasteiger partial charge in [0.1, 0.15) is 0 Å². The van der Waals surface area contributed by atoms with Gasteiger partial charge in [-0.15, -0.1) is 4.91 Å². The molecule has 1 heterocycles. The Kier molecular flexibility index (Phi) is 1.93. The van der Waals surface area contributed by atoms with Gasteiger partial charge in [-0.1, -0.05) is 12.1 Å². The number of hydrogen-bond acceptors (Lipinski definition) is 3. The van der Waals surface area contributed by atoms with Gasteiger partial charge in [0.25, 0.3) is 0 Å². The molecule has 0 bridgehead atoms. The van der Waals surface area contributed by atoms with Crippen LogP contribution in [0.15, 0.2) is 29.4 Å². The number of aromatic amines is 1. The smallest absolute Gasteiger partial charge is 0.169 e. The Morgan fingerprint density at radius 2 is 2.29 bits per heavy atom. The lowest BCUT2D eigenvalue weighted by molar-refractivity contribution is 1.24. The van der Waals surface area contributed by atoms with Crippen molar-refractivity contribution in [3.05, 3.63) is 40.4 Å². The lowest BCUT2D eigenvalue weighted by Gasteiger charge is -1.87. The standard InChI is InChI=1S/C9H5N4O/c10-5-8(13-14)9-11-6-3-1-2-4-7(6)12-9/h1-4H,(H,11,12)/q-1. The molecule has 14 heavy (non-hydrogen) atoms. The minimum Gasteiger partial charge on any atom is -0.761 e. The molecular weight excluding hydrogens is 180 g/mol. The van der Waals surface area contributed by atoms with Crippen molar-refractivity contribution in [2.45, 2.75) is 0 Å². The van der Waals surface area contributed by atoms with E-state index in [0.29, 0.717) is 5.52 Å². The fourth-order valence-corrected chi connectivity index (χ4v) is 1.18. The highest BCUT2D eigenvalue weighted by Crippen LogP contribution is 2.15. The first-order valence-electron chi connectivity index (χ1n) is 3.90. The first kappa shape index (κ1) is 8.34. The number of para-hydroxylation sites is 2. The largest absolute Gasteiger partial charge is 0.761 e. The second-order valence-electron chi connectivity index (χ2n) is 2.65. The molecule has 0 atom stereocenters. The fraction of sp³-hybridized carbons (Fsp3) is 0. The van der Waals surface area contributed by atoms with Gasteiger partial charge in [0.05, 0.1) is 11.0 Å². The number of benzene rings is 1. The first-order chi connectivity index (χ1) is 6.85. The van der Waals surface area contributed by atoms with E-state index in [0.717, 1.165) is 5.52 Å². The molecule has 1 aromatic carbocycles. The van der Waals surface area contributed by atoms with Gasteiger partial charge in [-0.2, -0.15) is 0 Å². The Morgan fingerprint density at radius 1 is 1.50 bits per heavy atom. The summed E-state index contributed by atoms with van der Waals surface area (Å²) in [5.41, 5.74) is 1.25. The Hall–Kier alpha value is -2.26. The molecule has 1 aromatic heterocycles. The number of hydrogen-bond donors (Lipinski definition) is 1. The zero-order chi connectivity index (χ0) is 9.97. The van der Waals surface area contributed by atoms with Gasteiger partial charge < -0.3 is 10.4 Å². The second kappa shape index (κ2) is 3.24. The van der Waals surface area contributed by atoms with Crippen LogP contribution in [-0.4, -0.2) is 15.8 Å². The van der Waals surface area contributed by atoms with Crippen LogP contribution < -0.4 is 0 Å². The van der Waals surface area contributed by atoms with E-state index in [1.807, 2.05) is 18.2 Å². The van der Waals surface area contributed by atoms with Crippen LogP contribution in [0.5, 0.6) is 0 Å². The molecule has 0 aliphatic rings. The van der Waals surface area contributed by atoms with E-state index in [4.69, 9.17) is 5.41 Å². The minimum atomic E-state index is -0.235. The number of imidazole rings is 1. The third-order valence-electron chi connectivity index (χ3n) is 1.81. The monoisotopic (exact) mass is 185 g/mol. The SMILES string of the molecule is [N-]=C=C(N=O)c1nc2ccccc2[nH]1. The summed E-state index contributed by atoms with van der Waals surface area (Å²) in [6, 6.07) is 7.26. The average Bonchev–Trinajstić information content (AvgIpc) is 2.63. The number of rotatable bonds is 2. The van der Waals surface area contributed by atoms with Crippen LogP contribution in [0.3, 0.4) is 0 Å². The molecule has 1 N–H and O–H groups in total. The van der Waals surface area contributed by atoms with Crippen LogP contribution in [-0.2, 0) is 0 Å². The van der Waals surface area contributed by atoms with Gasteiger partial charge in [0, 0.05) is 0 Å². The summed E-state index contributed by atoms with van der Waals surface area (Å²) in [4.78, 5) is 17.1. The Balaban J connectivity index is 2.66. The molecule has 68 valence electrons. The summed E-state index contributed by atoms with van der Waals surface area (Å²) in [6.07, 6.45) is 0. The maximum Gasteiger partial charge on any atom is 0.169 e. The Morgan fingerprint density at radius 3 is 2.93 bits per heavy atom. The van der Waals surface area contributed by atoms with Crippen molar-refractivity contribution in [3.8, 4) is 0 Å². The van der Waals surface area contributed by atoms with E-state index in [-0.39, 0.29) is 11.5 Å². The lowest BCUT2D eigenvalue weighted by atomic mass is 10.3. The van der Waals surface area contributed by atoms with Gasteiger partial charge in [0.2, 0.25) is 0 Å². The van der Waals surface area contributed by atoms with Gasteiger partial charge in [0.15, 0.2) is 11.5 Å². The molecule has 0 unspecified atom stereocenters. The normalized spacial score (nSPS) is 9.71. The summed E-state index contributed by atoms with van der Waals surface area (Å²) >= 11 is 0. The van der Waals surface area contributed by atoms with Crippen LogP contribution in [0.4, 0.5) is 0 Å². The molecule has 0 fully saturated rings. The second-order valence-corrected chi connectivity index (χ2v) is 2.65. The van der Waals surface area contributed by atoms with Gasteiger partial charge in [-0.25, -0.2) is 10.9 Å². The number of aromatic nitrogens is 2. The van der Waals surface area contributed by atoms with Crippen LogP contribution >= 0.6 is 0 Å². The predicted octanol–water partition coefficient (Wildman–Crippen LogP) is 1.91. The average molecular weight is 185 g/mol. The minimum absolute atomic E-state index is 0.212. The maximum atomic E-state index is 10.2. The van der Waals surface area contributed by atoms with Gasteiger partial charge >= 0.3 is 0 Å². The number of H-pyrrole nitrogens is 1. The summed E-state index contributed by atoms with van der Waals surface area (Å²) < 4.78 is 0. The van der Waals surface area contributed by atoms with Crippen molar-refractivity contribution in [1.29, 1.82) is 0 Å². The van der Waals surface area contributed by atoms with E-state index < -0.39 is 0 Å². The molecule has 2 rings (SSSR count). The van der Waals surface area contributed by atoms with Crippen molar-refractivity contribution >= 4 is 22.6 Å². The molecular formula is C9H5N4O-. The van der Waals surface area contributed by atoms with Crippen molar-refractivity contribution in [2.24, 2.45) is 5.18 Å². The molecule has 0 amide bonds. The van der Waals surface area contributed by atoms with E-state index >= 15 is 0 Å². The molecule has 0 spiro atoms. The first-order valence-corrected chi connectivity index (χ1v) is 3.90. The van der Waals surface area contributed by atoms with E-state index in [1.165, 1.54) is 0 Å². The summed E-state index contributed by atoms with van der Waals surface area (Å²) in [6.45, 7) is 0. The number of nitroso groups, excluding NO2 is 1. The topological polar surface area (TPSA) is 80.4 Å². The highest BCUT2D eigenvalue weighted by molar-refractivity contribution is 5.90.